The molecule has 3 N–H and O–H groups in total. The van der Waals surface area contributed by atoms with Gasteiger partial charge in [-0.25, -0.2) is 0 Å². The summed E-state index contributed by atoms with van der Waals surface area (Å²) in [7, 11) is 1.94. The smallest absolute Gasteiger partial charge is 0.221 e. The minimum atomic E-state index is -0.908. The van der Waals surface area contributed by atoms with Crippen molar-refractivity contribution in [2.24, 2.45) is 0 Å². The molecule has 0 radical (unpaired) electrons. The molecule has 0 aromatic rings. The predicted molar refractivity (Wildman–Crippen MR) is 77.5 cm³/mol. The molecule has 5 nitrogen and oxygen atoms in total. The summed E-state index contributed by atoms with van der Waals surface area (Å²) in [5, 5.41) is 16.6. The van der Waals surface area contributed by atoms with E-state index in [-0.39, 0.29) is 24.1 Å². The Balaban J connectivity index is 1.82. The molecular formula is C15H28N2O3. The van der Waals surface area contributed by atoms with Crippen LogP contribution in [-0.2, 0) is 9.53 Å². The fourth-order valence-electron chi connectivity index (χ4n) is 3.37. The van der Waals surface area contributed by atoms with Crippen LogP contribution in [0.1, 0.15) is 51.9 Å². The Bertz CT molecular complexity index is 342. The number of amides is 1. The maximum atomic E-state index is 12.2. The second-order valence-electron chi connectivity index (χ2n) is 6.41. The summed E-state index contributed by atoms with van der Waals surface area (Å²) in [6, 6.07) is 0. The molecule has 5 heteroatoms. The van der Waals surface area contributed by atoms with E-state index in [4.69, 9.17) is 4.74 Å². The molecule has 1 aliphatic carbocycles. The molecule has 0 spiro atoms. The van der Waals surface area contributed by atoms with Gasteiger partial charge in [0, 0.05) is 31.5 Å². The second kappa shape index (κ2) is 6.41. The Kier molecular flexibility index (Phi) is 5.04. The van der Waals surface area contributed by atoms with Crippen LogP contribution in [0.3, 0.4) is 0 Å². The van der Waals surface area contributed by atoms with Crippen molar-refractivity contribution in [3.8, 4) is 0 Å². The Labute approximate surface area is 121 Å². The van der Waals surface area contributed by atoms with E-state index in [1.807, 2.05) is 14.0 Å². The average Bonchev–Trinajstić information content (AvgIpc) is 2.78. The number of hydrogen-bond donors (Lipinski definition) is 3. The van der Waals surface area contributed by atoms with Crippen LogP contribution in [-0.4, -0.2) is 48.5 Å². The molecule has 2 rings (SSSR count). The second-order valence-corrected chi connectivity index (χ2v) is 6.41. The van der Waals surface area contributed by atoms with E-state index in [0.717, 1.165) is 12.8 Å². The van der Waals surface area contributed by atoms with Crippen molar-refractivity contribution < 1.29 is 14.6 Å². The zero-order chi connectivity index (χ0) is 14.6. The summed E-state index contributed by atoms with van der Waals surface area (Å²) in [5.41, 5.74) is -0.961. The average molecular weight is 284 g/mol. The summed E-state index contributed by atoms with van der Waals surface area (Å²) >= 11 is 0. The summed E-state index contributed by atoms with van der Waals surface area (Å²) in [4.78, 5) is 12.2. The fraction of sp³-hybridized carbons (Fsp3) is 0.933. The molecular weight excluding hydrogens is 256 g/mol. The molecule has 0 bridgehead atoms. The van der Waals surface area contributed by atoms with Crippen LogP contribution in [0.15, 0.2) is 0 Å². The van der Waals surface area contributed by atoms with E-state index in [9.17, 15) is 9.90 Å². The van der Waals surface area contributed by atoms with Gasteiger partial charge in [-0.05, 0) is 26.8 Å². The molecule has 1 saturated heterocycles. The molecule has 1 amide bonds. The normalized spacial score (nSPS) is 33.0. The molecule has 1 saturated carbocycles. The number of carbonyl (C=O) groups is 1. The minimum absolute atomic E-state index is 0.0220. The maximum Gasteiger partial charge on any atom is 0.221 e. The van der Waals surface area contributed by atoms with Gasteiger partial charge < -0.3 is 20.5 Å². The molecule has 2 fully saturated rings. The van der Waals surface area contributed by atoms with Crippen LogP contribution >= 0.6 is 0 Å². The van der Waals surface area contributed by atoms with E-state index < -0.39 is 5.60 Å². The van der Waals surface area contributed by atoms with Gasteiger partial charge in [-0.2, -0.15) is 0 Å². The minimum Gasteiger partial charge on any atom is -0.385 e. The first-order valence-electron chi connectivity index (χ1n) is 7.79. The zero-order valence-corrected chi connectivity index (χ0v) is 12.7. The topological polar surface area (TPSA) is 70.6 Å². The van der Waals surface area contributed by atoms with Crippen LogP contribution in [0.5, 0.6) is 0 Å². The number of ether oxygens (including phenoxy) is 1. The van der Waals surface area contributed by atoms with Crippen molar-refractivity contribution in [1.82, 2.24) is 10.6 Å². The lowest BCUT2D eigenvalue weighted by Crippen LogP contribution is -2.51. The van der Waals surface area contributed by atoms with Crippen LogP contribution in [0.4, 0.5) is 0 Å². The van der Waals surface area contributed by atoms with Gasteiger partial charge >= 0.3 is 0 Å². The third-order valence-electron chi connectivity index (χ3n) is 5.09. The Morgan fingerprint density at radius 1 is 1.30 bits per heavy atom. The summed E-state index contributed by atoms with van der Waals surface area (Å²) in [5.74, 6) is 0.0220. The number of aliphatic hydroxyl groups is 1. The van der Waals surface area contributed by atoms with Crippen molar-refractivity contribution in [2.75, 3.05) is 20.2 Å². The monoisotopic (exact) mass is 284 g/mol. The van der Waals surface area contributed by atoms with Gasteiger partial charge in [0.2, 0.25) is 5.91 Å². The predicted octanol–water partition coefficient (Wildman–Crippen LogP) is 0.955. The first kappa shape index (κ1) is 15.7. The van der Waals surface area contributed by atoms with Crippen LogP contribution in [0.2, 0.25) is 0 Å². The number of carbonyl (C=O) groups excluding carboxylic acids is 1. The molecule has 116 valence electrons. The van der Waals surface area contributed by atoms with Crippen molar-refractivity contribution in [3.05, 3.63) is 0 Å². The quantitative estimate of drug-likeness (QED) is 0.703. The summed E-state index contributed by atoms with van der Waals surface area (Å²) in [6.45, 7) is 2.70. The first-order valence-corrected chi connectivity index (χ1v) is 7.79. The Morgan fingerprint density at radius 2 is 2.00 bits per heavy atom. The van der Waals surface area contributed by atoms with E-state index in [1.165, 1.54) is 19.3 Å². The van der Waals surface area contributed by atoms with Gasteiger partial charge in [0.15, 0.2) is 0 Å². The van der Waals surface area contributed by atoms with E-state index >= 15 is 0 Å². The highest BCUT2D eigenvalue weighted by Gasteiger charge is 2.40. The highest BCUT2D eigenvalue weighted by atomic mass is 16.5. The number of nitrogens with one attached hydrogen (secondary N) is 2. The Hall–Kier alpha value is -0.650. The van der Waals surface area contributed by atoms with E-state index in [1.54, 1.807) is 0 Å². The van der Waals surface area contributed by atoms with Gasteiger partial charge in [-0.15, -0.1) is 0 Å². The van der Waals surface area contributed by atoms with Crippen LogP contribution < -0.4 is 10.6 Å². The largest absolute Gasteiger partial charge is 0.385 e. The maximum absolute atomic E-state index is 12.2. The molecule has 2 aliphatic rings. The SMILES string of the molecule is CNC1(CC(=O)NCC2(O)CCOC2C)CCCCC1. The molecule has 1 heterocycles. The van der Waals surface area contributed by atoms with Gasteiger partial charge in [-0.3, -0.25) is 4.79 Å². The van der Waals surface area contributed by atoms with E-state index in [2.05, 4.69) is 10.6 Å². The zero-order valence-electron chi connectivity index (χ0n) is 12.7. The fourth-order valence-corrected chi connectivity index (χ4v) is 3.37. The molecule has 0 aromatic carbocycles. The molecule has 1 aliphatic heterocycles. The van der Waals surface area contributed by atoms with Gasteiger partial charge in [0.1, 0.15) is 5.60 Å². The van der Waals surface area contributed by atoms with Crippen LogP contribution in [0, 0.1) is 0 Å². The van der Waals surface area contributed by atoms with Gasteiger partial charge in [-0.1, -0.05) is 19.3 Å². The highest BCUT2D eigenvalue weighted by molar-refractivity contribution is 5.77. The van der Waals surface area contributed by atoms with E-state index in [0.29, 0.717) is 19.4 Å². The highest BCUT2D eigenvalue weighted by Crippen LogP contribution is 2.31. The summed E-state index contributed by atoms with van der Waals surface area (Å²) in [6.07, 6.45) is 6.61. The van der Waals surface area contributed by atoms with Crippen LogP contribution in [0.25, 0.3) is 0 Å². The third kappa shape index (κ3) is 3.51. The summed E-state index contributed by atoms with van der Waals surface area (Å²) < 4.78 is 5.38. The molecule has 2 atom stereocenters. The van der Waals surface area contributed by atoms with Crippen molar-refractivity contribution in [3.63, 3.8) is 0 Å². The number of rotatable bonds is 5. The molecule has 2 unspecified atom stereocenters. The lowest BCUT2D eigenvalue weighted by molar-refractivity contribution is -0.124. The number of hydrogen-bond acceptors (Lipinski definition) is 4. The van der Waals surface area contributed by atoms with Gasteiger partial charge in [0.25, 0.3) is 0 Å². The van der Waals surface area contributed by atoms with Crippen molar-refractivity contribution >= 4 is 5.91 Å². The third-order valence-corrected chi connectivity index (χ3v) is 5.09. The van der Waals surface area contributed by atoms with Crippen molar-refractivity contribution in [2.45, 2.75) is 69.1 Å². The van der Waals surface area contributed by atoms with Gasteiger partial charge in [0.05, 0.1) is 6.10 Å². The molecule has 20 heavy (non-hydrogen) atoms. The molecule has 0 aromatic heterocycles. The van der Waals surface area contributed by atoms with Crippen molar-refractivity contribution in [1.29, 1.82) is 0 Å². The Morgan fingerprint density at radius 3 is 2.55 bits per heavy atom. The standard InChI is InChI=1S/C15H28N2O3/c1-12-15(19,8-9-20-12)11-17-13(18)10-14(16-2)6-4-3-5-7-14/h12,16,19H,3-11H2,1-2H3,(H,17,18). The first-order chi connectivity index (χ1) is 9.50. The lowest BCUT2D eigenvalue weighted by Gasteiger charge is -2.37. The lowest BCUT2D eigenvalue weighted by atomic mass is 9.79.